The molecule has 0 amide bonds. The third-order valence-corrected chi connectivity index (χ3v) is 6.83. The molecule has 0 bridgehead atoms. The molecule has 8 rings (SSSR count). The zero-order valence-electron chi connectivity index (χ0n) is 26.5. The van der Waals surface area contributed by atoms with Gasteiger partial charge in [0.05, 0.1) is 0 Å². The van der Waals surface area contributed by atoms with Gasteiger partial charge in [-0.3, -0.25) is 0 Å². The smallest absolute Gasteiger partial charge is 0.504 e. The molecule has 5 N–H and O–H groups in total. The molecular formula is C30H22B2F8O13. The SMILES string of the molecule is Cc1ccc(B(O)O)c2c1OC(F)(F)O2.Cc1ccc(O)c2c1OC(F)(F)O2.FC1(F)Oc2ccccc2O1.OB(O)c1cccc2c1OC(F)(F)O2. The molecule has 4 aliphatic heterocycles. The van der Waals surface area contributed by atoms with E-state index < -0.39 is 39.4 Å². The van der Waals surface area contributed by atoms with Gasteiger partial charge < -0.3 is 63.1 Å². The third-order valence-electron chi connectivity index (χ3n) is 6.83. The van der Waals surface area contributed by atoms with Gasteiger partial charge in [0, 0.05) is 10.9 Å². The maximum Gasteiger partial charge on any atom is 0.586 e. The highest BCUT2D eigenvalue weighted by atomic mass is 19.3. The minimum absolute atomic E-state index is 0.0810. The fourth-order valence-corrected chi connectivity index (χ4v) is 4.59. The van der Waals surface area contributed by atoms with Crippen LogP contribution in [-0.2, 0) is 0 Å². The number of phenols is 1. The Morgan fingerprint density at radius 3 is 1.32 bits per heavy atom. The molecule has 0 saturated carbocycles. The van der Waals surface area contributed by atoms with E-state index in [1.807, 2.05) is 0 Å². The van der Waals surface area contributed by atoms with Gasteiger partial charge in [0.15, 0.2) is 46.0 Å². The number of alkyl halides is 8. The van der Waals surface area contributed by atoms with Gasteiger partial charge in [-0.05, 0) is 49.2 Å². The summed E-state index contributed by atoms with van der Waals surface area (Å²) in [5.41, 5.74) is 0.629. The molecule has 23 heteroatoms. The first-order valence-electron chi connectivity index (χ1n) is 14.5. The van der Waals surface area contributed by atoms with E-state index in [9.17, 15) is 35.1 Å². The van der Waals surface area contributed by atoms with Crippen molar-refractivity contribution in [1.82, 2.24) is 0 Å². The number of halogens is 8. The van der Waals surface area contributed by atoms with Crippen molar-refractivity contribution < 1.29 is 98.2 Å². The first kappa shape index (κ1) is 38.7. The van der Waals surface area contributed by atoms with Crippen LogP contribution in [0.2, 0.25) is 0 Å². The Labute approximate surface area is 292 Å². The number of phenolic OH excluding ortho intramolecular Hbond substituents is 1. The Bertz CT molecular complexity index is 1930. The molecule has 0 unspecified atom stereocenters. The van der Waals surface area contributed by atoms with Crippen molar-refractivity contribution in [2.75, 3.05) is 0 Å². The highest BCUT2D eigenvalue weighted by molar-refractivity contribution is 6.60. The summed E-state index contributed by atoms with van der Waals surface area (Å²) in [7, 11) is -3.75. The number of hydrogen-bond donors (Lipinski definition) is 5. The van der Waals surface area contributed by atoms with Crippen molar-refractivity contribution >= 4 is 25.2 Å². The number of rotatable bonds is 2. The second-order valence-electron chi connectivity index (χ2n) is 10.7. The van der Waals surface area contributed by atoms with Crippen LogP contribution in [0.25, 0.3) is 0 Å². The molecular weight excluding hydrogens is 742 g/mol. The van der Waals surface area contributed by atoms with E-state index in [0.29, 0.717) is 11.1 Å². The number of ether oxygens (including phenoxy) is 8. The molecule has 0 aliphatic carbocycles. The van der Waals surface area contributed by atoms with Crippen LogP contribution in [0.4, 0.5) is 35.1 Å². The molecule has 4 heterocycles. The molecule has 0 saturated heterocycles. The molecule has 0 aromatic heterocycles. The van der Waals surface area contributed by atoms with Crippen molar-refractivity contribution in [2.24, 2.45) is 0 Å². The second kappa shape index (κ2) is 14.1. The van der Waals surface area contributed by atoms with E-state index >= 15 is 0 Å². The summed E-state index contributed by atoms with van der Waals surface area (Å²) in [6, 6.07) is 15.4. The number of hydrogen-bond acceptors (Lipinski definition) is 13. The van der Waals surface area contributed by atoms with Crippen LogP contribution in [0, 0.1) is 13.8 Å². The van der Waals surface area contributed by atoms with E-state index in [4.69, 9.17) is 25.2 Å². The normalized spacial score (nSPS) is 17.2. The summed E-state index contributed by atoms with van der Waals surface area (Å²) in [5.74, 6) is -1.63. The van der Waals surface area contributed by atoms with Gasteiger partial charge in [-0.1, -0.05) is 42.5 Å². The van der Waals surface area contributed by atoms with E-state index in [1.165, 1.54) is 54.6 Å². The van der Waals surface area contributed by atoms with Crippen molar-refractivity contribution in [3.63, 3.8) is 0 Å². The maximum absolute atomic E-state index is 12.8. The first-order valence-corrected chi connectivity index (χ1v) is 14.5. The summed E-state index contributed by atoms with van der Waals surface area (Å²) in [6.45, 7) is 3.14. The van der Waals surface area contributed by atoms with Gasteiger partial charge in [-0.2, -0.15) is 0 Å². The Balaban J connectivity index is 0.000000137. The number of aryl methyl sites for hydroxylation is 2. The Hall–Kier alpha value is -5.51. The number of para-hydroxylation sites is 3. The Morgan fingerprint density at radius 2 is 0.792 bits per heavy atom. The Kier molecular flexibility index (Phi) is 10.3. The lowest BCUT2D eigenvalue weighted by atomic mass is 9.79. The number of fused-ring (bicyclic) bond motifs is 4. The van der Waals surface area contributed by atoms with Gasteiger partial charge in [0.1, 0.15) is 0 Å². The highest BCUT2D eigenvalue weighted by Gasteiger charge is 2.48. The maximum atomic E-state index is 12.8. The summed E-state index contributed by atoms with van der Waals surface area (Å²) in [6.07, 6.45) is -14.7. The fourth-order valence-electron chi connectivity index (χ4n) is 4.59. The van der Waals surface area contributed by atoms with E-state index in [0.717, 1.165) is 0 Å². The van der Waals surface area contributed by atoms with Crippen LogP contribution in [0.5, 0.6) is 51.7 Å². The van der Waals surface area contributed by atoms with Crippen molar-refractivity contribution in [3.05, 3.63) is 77.9 Å². The first-order chi connectivity index (χ1) is 24.6. The van der Waals surface area contributed by atoms with E-state index in [2.05, 4.69) is 37.9 Å². The third kappa shape index (κ3) is 8.93. The van der Waals surface area contributed by atoms with Crippen LogP contribution in [0.15, 0.2) is 66.7 Å². The highest BCUT2D eigenvalue weighted by Crippen LogP contribution is 2.48. The molecule has 282 valence electrons. The monoisotopic (exact) mass is 764 g/mol. The summed E-state index contributed by atoms with van der Waals surface area (Å²) < 4.78 is 134. The van der Waals surface area contributed by atoms with Crippen molar-refractivity contribution in [2.45, 2.75) is 39.0 Å². The summed E-state index contributed by atoms with van der Waals surface area (Å²) >= 11 is 0. The number of benzene rings is 4. The molecule has 0 spiro atoms. The van der Waals surface area contributed by atoms with Crippen LogP contribution >= 0.6 is 0 Å². The predicted octanol–water partition coefficient (Wildman–Crippen LogP) is 3.71. The standard InChI is InChI=1S/C8H7BF2O4.C8H6F2O3.C7H5BF2O4.C7H4F2O2/c1-4-2-3-5(9(12)13)7-6(4)14-8(10,11)15-7;1-4-2-3-5(11)7-6(4)12-8(9,10)13-7;9-7(10)13-5-3-1-2-4(8(11)12)6(5)14-7;8-7(9)10-5-3-1-2-4-6(5)11-7/h2-3,12-13H,1H3;2-3,11H,1H3;1-3,11-12H;1-4H. The molecule has 0 fully saturated rings. The molecule has 13 nitrogen and oxygen atoms in total. The summed E-state index contributed by atoms with van der Waals surface area (Å²) in [4.78, 5) is 0. The molecule has 0 radical (unpaired) electrons. The van der Waals surface area contributed by atoms with Gasteiger partial charge in [0.2, 0.25) is 5.75 Å². The average molecular weight is 764 g/mol. The van der Waals surface area contributed by atoms with Crippen molar-refractivity contribution in [1.29, 1.82) is 0 Å². The Morgan fingerprint density at radius 1 is 0.415 bits per heavy atom. The van der Waals surface area contributed by atoms with E-state index in [1.54, 1.807) is 26.0 Å². The quantitative estimate of drug-likeness (QED) is 0.148. The van der Waals surface area contributed by atoms with Crippen LogP contribution in [-0.4, -0.2) is 64.6 Å². The minimum Gasteiger partial charge on any atom is -0.504 e. The topological polar surface area (TPSA) is 175 Å². The zero-order chi connectivity index (χ0) is 39.1. The van der Waals surface area contributed by atoms with Gasteiger partial charge >= 0.3 is 39.4 Å². The lowest BCUT2D eigenvalue weighted by molar-refractivity contribution is -0.287. The molecule has 4 aromatic carbocycles. The predicted molar refractivity (Wildman–Crippen MR) is 161 cm³/mol. The van der Waals surface area contributed by atoms with Gasteiger partial charge in [0.25, 0.3) is 0 Å². The van der Waals surface area contributed by atoms with Crippen LogP contribution in [0.3, 0.4) is 0 Å². The lowest BCUT2D eigenvalue weighted by Gasteiger charge is -2.06. The molecule has 4 aromatic rings. The van der Waals surface area contributed by atoms with Crippen LogP contribution in [0.1, 0.15) is 11.1 Å². The molecule has 4 aliphatic rings. The average Bonchev–Trinajstić information content (AvgIpc) is 3.76. The van der Waals surface area contributed by atoms with Crippen molar-refractivity contribution in [3.8, 4) is 51.7 Å². The van der Waals surface area contributed by atoms with E-state index in [-0.39, 0.29) is 62.7 Å². The second-order valence-corrected chi connectivity index (χ2v) is 10.7. The van der Waals surface area contributed by atoms with Crippen LogP contribution < -0.4 is 48.8 Å². The molecule has 53 heavy (non-hydrogen) atoms. The number of aromatic hydroxyl groups is 1. The largest absolute Gasteiger partial charge is 0.586 e. The molecule has 0 atom stereocenters. The summed E-state index contributed by atoms with van der Waals surface area (Å²) in [5, 5.41) is 44.7. The zero-order valence-corrected chi connectivity index (χ0v) is 26.5. The minimum atomic E-state index is -3.75. The lowest BCUT2D eigenvalue weighted by Crippen LogP contribution is -2.32. The van der Waals surface area contributed by atoms with Gasteiger partial charge in [-0.25, -0.2) is 0 Å². The fraction of sp³-hybridized carbons (Fsp3) is 0.200. The van der Waals surface area contributed by atoms with Gasteiger partial charge in [-0.15, -0.1) is 35.1 Å².